The summed E-state index contributed by atoms with van der Waals surface area (Å²) in [4.78, 5) is 22.1. The predicted octanol–water partition coefficient (Wildman–Crippen LogP) is -1.12. The molecule has 2 amide bonds. The normalized spacial score (nSPS) is 13.8. The van der Waals surface area contributed by atoms with E-state index in [1.54, 1.807) is 4.68 Å². The highest BCUT2D eigenvalue weighted by Crippen LogP contribution is 2.21. The van der Waals surface area contributed by atoms with Gasteiger partial charge in [0.25, 0.3) is 5.91 Å². The average Bonchev–Trinajstić information content (AvgIpc) is 2.69. The molecule has 1 aromatic heterocycles. The lowest BCUT2D eigenvalue weighted by molar-refractivity contribution is -0.117. The number of nitrogens with zero attached hydrogens (tertiary/aromatic N) is 2. The largest absolute Gasteiger partial charge is 0.477 e. The first-order chi connectivity index (χ1) is 7.68. The second-order valence-corrected chi connectivity index (χ2v) is 3.44. The van der Waals surface area contributed by atoms with Gasteiger partial charge in [-0.25, -0.2) is 4.68 Å². The summed E-state index contributed by atoms with van der Waals surface area (Å²) in [5.74, 6) is -0.537. The van der Waals surface area contributed by atoms with Crippen LogP contribution in [0.3, 0.4) is 0 Å². The molecule has 0 bridgehead atoms. The maximum absolute atomic E-state index is 11.6. The molecule has 16 heavy (non-hydrogen) atoms. The van der Waals surface area contributed by atoms with Gasteiger partial charge in [-0.1, -0.05) is 0 Å². The number of hydrogen-bond acceptors (Lipinski definition) is 4. The van der Waals surface area contributed by atoms with Crippen molar-refractivity contribution >= 4 is 11.8 Å². The zero-order valence-electron chi connectivity index (χ0n) is 8.60. The monoisotopic (exact) mass is 224 g/mol. The second kappa shape index (κ2) is 4.21. The molecule has 1 aliphatic rings. The van der Waals surface area contributed by atoms with E-state index < -0.39 is 11.8 Å². The maximum atomic E-state index is 11.6. The van der Waals surface area contributed by atoms with Crippen molar-refractivity contribution in [2.24, 2.45) is 5.73 Å². The smallest absolute Gasteiger partial charge is 0.258 e. The first-order valence-electron chi connectivity index (χ1n) is 4.93. The molecule has 0 radical (unpaired) electrons. The zero-order valence-corrected chi connectivity index (χ0v) is 8.60. The van der Waals surface area contributed by atoms with Crippen LogP contribution < -0.4 is 15.8 Å². The Balaban J connectivity index is 2.11. The summed E-state index contributed by atoms with van der Waals surface area (Å²) >= 11 is 0. The quantitative estimate of drug-likeness (QED) is 0.679. The van der Waals surface area contributed by atoms with Crippen molar-refractivity contribution in [1.82, 2.24) is 15.1 Å². The first-order valence-corrected chi connectivity index (χ1v) is 4.93. The Morgan fingerprint density at radius 1 is 1.62 bits per heavy atom. The molecular formula is C9H12N4O3. The molecule has 1 aliphatic heterocycles. The van der Waals surface area contributed by atoms with E-state index in [0.717, 1.165) is 13.0 Å². The van der Waals surface area contributed by atoms with Crippen molar-refractivity contribution in [2.45, 2.75) is 13.0 Å². The van der Waals surface area contributed by atoms with Gasteiger partial charge >= 0.3 is 0 Å². The molecule has 86 valence electrons. The van der Waals surface area contributed by atoms with Gasteiger partial charge in [0.1, 0.15) is 5.56 Å². The van der Waals surface area contributed by atoms with Gasteiger partial charge in [0.15, 0.2) is 0 Å². The van der Waals surface area contributed by atoms with Gasteiger partial charge in [0, 0.05) is 13.0 Å². The van der Waals surface area contributed by atoms with Crippen molar-refractivity contribution in [2.75, 3.05) is 13.2 Å². The number of aromatic nitrogens is 2. The van der Waals surface area contributed by atoms with Crippen LogP contribution in [0.5, 0.6) is 5.88 Å². The molecule has 7 nitrogen and oxygen atoms in total. The molecule has 0 saturated carbocycles. The van der Waals surface area contributed by atoms with Gasteiger partial charge in [-0.15, -0.1) is 0 Å². The average molecular weight is 224 g/mol. The number of primary amides is 1. The first kappa shape index (κ1) is 10.5. The number of fused-ring (bicyclic) bond motifs is 1. The molecule has 2 rings (SSSR count). The van der Waals surface area contributed by atoms with Crippen LogP contribution in [0, 0.1) is 0 Å². The predicted molar refractivity (Wildman–Crippen MR) is 53.9 cm³/mol. The SMILES string of the molecule is NC(=O)CNC(=O)c1cnn2c1OCCC2. The Kier molecular flexibility index (Phi) is 2.76. The second-order valence-electron chi connectivity index (χ2n) is 3.44. The Morgan fingerprint density at radius 2 is 2.44 bits per heavy atom. The van der Waals surface area contributed by atoms with Crippen molar-refractivity contribution in [3.05, 3.63) is 11.8 Å². The third kappa shape index (κ3) is 1.97. The number of carbonyl (C=O) groups is 2. The Labute approximate surface area is 91.5 Å². The van der Waals surface area contributed by atoms with Crippen LogP contribution in [0.15, 0.2) is 6.20 Å². The standard InChI is InChI=1S/C9H12N4O3/c10-7(14)5-11-8(15)6-4-12-13-2-1-3-16-9(6)13/h4H,1-3,5H2,(H2,10,14)(H,11,15). The highest BCUT2D eigenvalue weighted by atomic mass is 16.5. The topological polar surface area (TPSA) is 99.2 Å². The van der Waals surface area contributed by atoms with E-state index >= 15 is 0 Å². The fraction of sp³-hybridized carbons (Fsp3) is 0.444. The van der Waals surface area contributed by atoms with E-state index in [1.165, 1.54) is 6.20 Å². The lowest BCUT2D eigenvalue weighted by Gasteiger charge is -2.15. The van der Waals surface area contributed by atoms with Gasteiger partial charge in [-0.05, 0) is 0 Å². The molecule has 7 heteroatoms. The number of aryl methyl sites for hydroxylation is 1. The van der Waals surface area contributed by atoms with Crippen molar-refractivity contribution in [1.29, 1.82) is 0 Å². The number of amides is 2. The lowest BCUT2D eigenvalue weighted by atomic mass is 10.3. The van der Waals surface area contributed by atoms with E-state index in [1.807, 2.05) is 0 Å². The van der Waals surface area contributed by atoms with E-state index in [9.17, 15) is 9.59 Å². The fourth-order valence-corrected chi connectivity index (χ4v) is 1.49. The van der Waals surface area contributed by atoms with E-state index in [4.69, 9.17) is 10.5 Å². The molecule has 0 aliphatic carbocycles. The highest BCUT2D eigenvalue weighted by molar-refractivity contribution is 5.98. The van der Waals surface area contributed by atoms with Crippen LogP contribution >= 0.6 is 0 Å². The molecular weight excluding hydrogens is 212 g/mol. The molecule has 0 aromatic carbocycles. The van der Waals surface area contributed by atoms with Crippen LogP contribution in [-0.2, 0) is 11.3 Å². The molecule has 3 N–H and O–H groups in total. The summed E-state index contributed by atoms with van der Waals surface area (Å²) in [6.45, 7) is 1.11. The number of ether oxygens (including phenoxy) is 1. The minimum absolute atomic E-state index is 0.191. The molecule has 0 fully saturated rings. The third-order valence-corrected chi connectivity index (χ3v) is 2.21. The lowest BCUT2D eigenvalue weighted by Crippen LogP contribution is -2.33. The summed E-state index contributed by atoms with van der Waals surface area (Å²) in [7, 11) is 0. The van der Waals surface area contributed by atoms with Gasteiger partial charge in [0.2, 0.25) is 11.8 Å². The summed E-state index contributed by atoms with van der Waals surface area (Å²) in [5, 5.41) is 6.41. The van der Waals surface area contributed by atoms with Crippen LogP contribution in [-0.4, -0.2) is 34.7 Å². The number of rotatable bonds is 3. The highest BCUT2D eigenvalue weighted by Gasteiger charge is 2.21. The van der Waals surface area contributed by atoms with Gasteiger partial charge in [0.05, 0.1) is 19.3 Å². The maximum Gasteiger partial charge on any atom is 0.258 e. The summed E-state index contributed by atoms with van der Waals surface area (Å²) < 4.78 is 6.97. The minimum atomic E-state index is -0.588. The third-order valence-electron chi connectivity index (χ3n) is 2.21. The van der Waals surface area contributed by atoms with Gasteiger partial charge < -0.3 is 15.8 Å². The fourth-order valence-electron chi connectivity index (χ4n) is 1.49. The molecule has 2 heterocycles. The van der Waals surface area contributed by atoms with E-state index in [0.29, 0.717) is 18.1 Å². The van der Waals surface area contributed by atoms with Gasteiger partial charge in [-0.2, -0.15) is 5.10 Å². The molecule has 1 aromatic rings. The van der Waals surface area contributed by atoms with Crippen molar-refractivity contribution in [3.8, 4) is 5.88 Å². The van der Waals surface area contributed by atoms with Crippen LogP contribution in [0.4, 0.5) is 0 Å². The zero-order chi connectivity index (χ0) is 11.5. The molecule has 0 spiro atoms. The summed E-state index contributed by atoms with van der Waals surface area (Å²) in [5.41, 5.74) is 5.26. The number of carbonyl (C=O) groups excluding carboxylic acids is 2. The molecule has 0 unspecified atom stereocenters. The Bertz CT molecular complexity index is 426. The van der Waals surface area contributed by atoms with Gasteiger partial charge in [-0.3, -0.25) is 9.59 Å². The van der Waals surface area contributed by atoms with Crippen LogP contribution in [0.1, 0.15) is 16.8 Å². The van der Waals surface area contributed by atoms with Crippen LogP contribution in [0.25, 0.3) is 0 Å². The number of nitrogens with two attached hydrogens (primary N) is 1. The Hall–Kier alpha value is -2.05. The minimum Gasteiger partial charge on any atom is -0.477 e. The Morgan fingerprint density at radius 3 is 3.19 bits per heavy atom. The summed E-state index contributed by atoms with van der Waals surface area (Å²) in [6.07, 6.45) is 2.30. The number of hydrogen-bond donors (Lipinski definition) is 2. The van der Waals surface area contributed by atoms with Crippen molar-refractivity contribution in [3.63, 3.8) is 0 Å². The van der Waals surface area contributed by atoms with Crippen LogP contribution in [0.2, 0.25) is 0 Å². The molecule has 0 atom stereocenters. The van der Waals surface area contributed by atoms with E-state index in [-0.39, 0.29) is 6.54 Å². The molecule has 0 saturated heterocycles. The number of nitrogens with one attached hydrogen (secondary N) is 1. The summed E-state index contributed by atoms with van der Waals surface area (Å²) in [6, 6.07) is 0. The van der Waals surface area contributed by atoms with Crippen molar-refractivity contribution < 1.29 is 14.3 Å². The van der Waals surface area contributed by atoms with E-state index in [2.05, 4.69) is 10.4 Å².